The van der Waals surface area contributed by atoms with Crippen LogP contribution >= 0.6 is 0 Å². The quantitative estimate of drug-likeness (QED) is 0.763. The second-order valence-electron chi connectivity index (χ2n) is 4.84. The largest absolute Gasteiger partial charge is 0.478 e. The lowest BCUT2D eigenvalue weighted by molar-refractivity contribution is 0.0696. The number of methoxy groups -OCH3 is 1. The molecule has 1 aromatic rings. The van der Waals surface area contributed by atoms with Crippen LogP contribution in [-0.2, 0) is 14.8 Å². The first-order chi connectivity index (χ1) is 9.81. The Kier molecular flexibility index (Phi) is 6.32. The van der Waals surface area contributed by atoms with E-state index in [2.05, 4.69) is 4.72 Å². The molecule has 1 aromatic carbocycles. The Bertz CT molecular complexity index is 591. The summed E-state index contributed by atoms with van der Waals surface area (Å²) in [5.74, 6) is -1.15. The van der Waals surface area contributed by atoms with E-state index in [0.29, 0.717) is 12.0 Å². The molecule has 21 heavy (non-hydrogen) atoms. The van der Waals surface area contributed by atoms with Gasteiger partial charge in [-0.15, -0.1) is 0 Å². The van der Waals surface area contributed by atoms with E-state index in [4.69, 9.17) is 9.84 Å². The van der Waals surface area contributed by atoms with Gasteiger partial charge in [-0.2, -0.15) is 0 Å². The van der Waals surface area contributed by atoms with Gasteiger partial charge in [0.05, 0.1) is 17.1 Å². The number of carboxylic acid groups (broad SMARTS) is 1. The fourth-order valence-corrected chi connectivity index (χ4v) is 3.29. The fraction of sp³-hybridized carbons (Fsp3) is 0.500. The van der Waals surface area contributed by atoms with Crippen LogP contribution in [0.5, 0.6) is 0 Å². The van der Waals surface area contributed by atoms with Crippen LogP contribution in [0.15, 0.2) is 23.1 Å². The number of carbonyl (C=O) groups is 1. The number of carboxylic acids is 1. The Hall–Kier alpha value is -1.44. The maximum atomic E-state index is 12.3. The fourth-order valence-electron chi connectivity index (χ4n) is 2.01. The molecule has 0 radical (unpaired) electrons. The smallest absolute Gasteiger partial charge is 0.335 e. The summed E-state index contributed by atoms with van der Waals surface area (Å²) in [6, 6.07) is 3.73. The third-order valence-corrected chi connectivity index (χ3v) is 4.59. The number of rotatable bonds is 8. The van der Waals surface area contributed by atoms with Gasteiger partial charge in [-0.1, -0.05) is 19.4 Å². The Balaban J connectivity index is 3.07. The Morgan fingerprint density at radius 3 is 2.62 bits per heavy atom. The van der Waals surface area contributed by atoms with Crippen molar-refractivity contribution in [1.82, 2.24) is 4.72 Å². The summed E-state index contributed by atoms with van der Waals surface area (Å²) in [6.07, 6.45) is 1.45. The van der Waals surface area contributed by atoms with Gasteiger partial charge in [0.25, 0.3) is 0 Å². The molecule has 1 atom stereocenters. The van der Waals surface area contributed by atoms with Crippen LogP contribution in [-0.4, -0.2) is 39.3 Å². The van der Waals surface area contributed by atoms with E-state index in [-0.39, 0.29) is 23.1 Å². The first-order valence-corrected chi connectivity index (χ1v) is 8.15. The van der Waals surface area contributed by atoms with E-state index in [0.717, 1.165) is 6.42 Å². The summed E-state index contributed by atoms with van der Waals surface area (Å²) < 4.78 is 32.2. The molecule has 0 saturated carbocycles. The highest BCUT2D eigenvalue weighted by atomic mass is 32.2. The molecule has 0 aromatic heterocycles. The van der Waals surface area contributed by atoms with Gasteiger partial charge >= 0.3 is 5.97 Å². The zero-order valence-electron chi connectivity index (χ0n) is 12.4. The van der Waals surface area contributed by atoms with Crippen LogP contribution < -0.4 is 4.72 Å². The average Bonchev–Trinajstić information content (AvgIpc) is 2.38. The maximum absolute atomic E-state index is 12.3. The van der Waals surface area contributed by atoms with Crippen molar-refractivity contribution in [3.05, 3.63) is 29.3 Å². The first-order valence-electron chi connectivity index (χ1n) is 6.67. The normalized spacial score (nSPS) is 13.1. The van der Waals surface area contributed by atoms with Gasteiger partial charge < -0.3 is 9.84 Å². The maximum Gasteiger partial charge on any atom is 0.335 e. The van der Waals surface area contributed by atoms with Crippen molar-refractivity contribution in [3.8, 4) is 0 Å². The minimum atomic E-state index is -3.77. The molecular formula is C14H21NO5S. The number of hydrogen-bond acceptors (Lipinski definition) is 4. The molecule has 0 aliphatic heterocycles. The number of nitrogens with one attached hydrogen (secondary N) is 1. The van der Waals surface area contributed by atoms with Crippen molar-refractivity contribution in [3.63, 3.8) is 0 Å². The lowest BCUT2D eigenvalue weighted by atomic mass is 10.1. The van der Waals surface area contributed by atoms with Crippen molar-refractivity contribution in [2.45, 2.75) is 37.6 Å². The van der Waals surface area contributed by atoms with Gasteiger partial charge in [-0.3, -0.25) is 0 Å². The molecule has 1 unspecified atom stereocenters. The van der Waals surface area contributed by atoms with Crippen LogP contribution in [0.1, 0.15) is 35.7 Å². The monoisotopic (exact) mass is 315 g/mol. The summed E-state index contributed by atoms with van der Waals surface area (Å²) in [5, 5.41) is 9.07. The first kappa shape index (κ1) is 17.6. The summed E-state index contributed by atoms with van der Waals surface area (Å²) >= 11 is 0. The van der Waals surface area contributed by atoms with E-state index < -0.39 is 16.0 Å². The predicted molar refractivity (Wildman–Crippen MR) is 79.0 cm³/mol. The summed E-state index contributed by atoms with van der Waals surface area (Å²) in [6.45, 7) is 3.84. The summed E-state index contributed by atoms with van der Waals surface area (Å²) in [4.78, 5) is 11.0. The molecule has 0 heterocycles. The Labute approximate surface area is 125 Å². The number of ether oxygens (including phenoxy) is 1. The number of sulfonamides is 1. The highest BCUT2D eigenvalue weighted by molar-refractivity contribution is 7.89. The van der Waals surface area contributed by atoms with Gasteiger partial charge in [0.2, 0.25) is 10.0 Å². The van der Waals surface area contributed by atoms with E-state index in [9.17, 15) is 13.2 Å². The van der Waals surface area contributed by atoms with Crippen molar-refractivity contribution in [1.29, 1.82) is 0 Å². The molecule has 0 fully saturated rings. The van der Waals surface area contributed by atoms with Crippen LogP contribution in [0.2, 0.25) is 0 Å². The van der Waals surface area contributed by atoms with Crippen molar-refractivity contribution in [2.24, 2.45) is 0 Å². The van der Waals surface area contributed by atoms with Crippen molar-refractivity contribution >= 4 is 16.0 Å². The Morgan fingerprint density at radius 2 is 2.10 bits per heavy atom. The van der Waals surface area contributed by atoms with Gasteiger partial charge in [0.15, 0.2) is 0 Å². The van der Waals surface area contributed by atoms with Crippen LogP contribution in [0.4, 0.5) is 0 Å². The molecule has 118 valence electrons. The number of aryl methyl sites for hydroxylation is 1. The molecule has 1 rings (SSSR count). The summed E-state index contributed by atoms with van der Waals surface area (Å²) in [7, 11) is -2.26. The van der Waals surface area contributed by atoms with Crippen LogP contribution in [0, 0.1) is 6.92 Å². The average molecular weight is 315 g/mol. The number of aromatic carboxylic acids is 1. The highest BCUT2D eigenvalue weighted by Gasteiger charge is 2.21. The number of hydrogen-bond donors (Lipinski definition) is 2. The topological polar surface area (TPSA) is 92.7 Å². The van der Waals surface area contributed by atoms with Gasteiger partial charge in [0.1, 0.15) is 0 Å². The minimum absolute atomic E-state index is 0.0170. The molecule has 0 aliphatic carbocycles. The molecule has 0 amide bonds. The molecule has 0 spiro atoms. The third kappa shape index (κ3) is 4.80. The molecule has 0 aliphatic rings. The van der Waals surface area contributed by atoms with Crippen LogP contribution in [0.25, 0.3) is 0 Å². The Morgan fingerprint density at radius 1 is 1.43 bits per heavy atom. The highest BCUT2D eigenvalue weighted by Crippen LogP contribution is 2.16. The summed E-state index contributed by atoms with van der Waals surface area (Å²) in [5.41, 5.74) is 0.500. The second-order valence-corrected chi connectivity index (χ2v) is 6.56. The van der Waals surface area contributed by atoms with E-state index in [1.807, 2.05) is 6.92 Å². The zero-order chi connectivity index (χ0) is 16.0. The predicted octanol–water partition coefficient (Wildman–Crippen LogP) is 1.79. The standard InChI is InChI=1S/C14H21NO5S/c1-4-5-11(9-20-3)15-21(18,19)12-7-6-10(2)13(8-12)14(16)17/h6-8,11,15H,4-5,9H2,1-3H3,(H,16,17). The van der Waals surface area contributed by atoms with E-state index in [1.54, 1.807) is 6.92 Å². The zero-order valence-corrected chi connectivity index (χ0v) is 13.2. The lowest BCUT2D eigenvalue weighted by Crippen LogP contribution is -2.38. The molecule has 0 saturated heterocycles. The van der Waals surface area contributed by atoms with E-state index >= 15 is 0 Å². The lowest BCUT2D eigenvalue weighted by Gasteiger charge is -2.17. The van der Waals surface area contributed by atoms with Gasteiger partial charge in [-0.25, -0.2) is 17.9 Å². The van der Waals surface area contributed by atoms with Crippen LogP contribution in [0.3, 0.4) is 0 Å². The van der Waals surface area contributed by atoms with Gasteiger partial charge in [-0.05, 0) is 31.0 Å². The molecular weight excluding hydrogens is 294 g/mol. The number of benzene rings is 1. The molecule has 6 nitrogen and oxygen atoms in total. The third-order valence-electron chi connectivity index (χ3n) is 3.08. The molecule has 0 bridgehead atoms. The van der Waals surface area contributed by atoms with E-state index in [1.165, 1.54) is 25.3 Å². The van der Waals surface area contributed by atoms with Crippen molar-refractivity contribution < 1.29 is 23.1 Å². The molecule has 2 N–H and O–H groups in total. The second kappa shape index (κ2) is 7.53. The minimum Gasteiger partial charge on any atom is -0.478 e. The molecule has 7 heteroatoms. The van der Waals surface area contributed by atoms with Crippen molar-refractivity contribution in [2.75, 3.05) is 13.7 Å². The van der Waals surface area contributed by atoms with Gasteiger partial charge in [0, 0.05) is 13.2 Å². The SMILES string of the molecule is CCCC(COC)NS(=O)(=O)c1ccc(C)c(C(=O)O)c1.